The number of halogens is 3. The minimum Gasteiger partial charge on any atom is -0.355 e. The first-order valence-electron chi connectivity index (χ1n) is 11.7. The van der Waals surface area contributed by atoms with Crippen molar-refractivity contribution in [3.63, 3.8) is 0 Å². The number of nitrogens with zero attached hydrogens (tertiary/aromatic N) is 1. The van der Waals surface area contributed by atoms with Crippen molar-refractivity contribution in [2.45, 2.75) is 6.18 Å². The predicted molar refractivity (Wildman–Crippen MR) is 141 cm³/mol. The number of benzene rings is 5. The summed E-state index contributed by atoms with van der Waals surface area (Å²) in [7, 11) is 0. The van der Waals surface area contributed by atoms with E-state index in [0.29, 0.717) is 5.69 Å². The van der Waals surface area contributed by atoms with Crippen LogP contribution in [0, 0.1) is 0 Å². The fraction of sp³-hybridized carbons (Fsp3) is 0.0323. The summed E-state index contributed by atoms with van der Waals surface area (Å²) in [5, 5.41) is 4.48. The van der Waals surface area contributed by atoms with Crippen LogP contribution >= 0.6 is 0 Å². The van der Waals surface area contributed by atoms with Crippen LogP contribution in [-0.4, -0.2) is 9.55 Å². The van der Waals surface area contributed by atoms with Crippen molar-refractivity contribution in [1.29, 1.82) is 0 Å². The molecule has 2 heterocycles. The lowest BCUT2D eigenvalue weighted by Gasteiger charge is -2.11. The number of H-pyrrole nitrogens is 1. The van der Waals surface area contributed by atoms with Crippen molar-refractivity contribution < 1.29 is 13.2 Å². The largest absolute Gasteiger partial charge is 0.416 e. The maximum atomic E-state index is 13.1. The number of aromatic amines is 1. The van der Waals surface area contributed by atoms with Gasteiger partial charge >= 0.3 is 6.18 Å². The molecule has 2 aromatic heterocycles. The number of hydrogen-bond acceptors (Lipinski definition) is 0. The first kappa shape index (κ1) is 20.8. The van der Waals surface area contributed by atoms with Gasteiger partial charge in [-0.2, -0.15) is 13.2 Å². The van der Waals surface area contributed by atoms with Crippen LogP contribution < -0.4 is 0 Å². The van der Waals surface area contributed by atoms with Gasteiger partial charge in [0.05, 0.1) is 16.6 Å². The molecule has 0 aliphatic heterocycles. The van der Waals surface area contributed by atoms with Crippen LogP contribution in [0.4, 0.5) is 13.2 Å². The van der Waals surface area contributed by atoms with E-state index in [1.807, 2.05) is 34.9 Å². The third kappa shape index (κ3) is 3.13. The number of alkyl halides is 3. The Morgan fingerprint density at radius 1 is 0.528 bits per heavy atom. The molecular weight excluding hydrogens is 457 g/mol. The Hall–Kier alpha value is -4.51. The molecule has 0 aliphatic carbocycles. The molecule has 0 bridgehead atoms. The zero-order valence-corrected chi connectivity index (χ0v) is 19.0. The summed E-state index contributed by atoms with van der Waals surface area (Å²) in [5.74, 6) is 0. The van der Waals surface area contributed by atoms with Gasteiger partial charge < -0.3 is 9.55 Å². The highest BCUT2D eigenvalue weighted by atomic mass is 19.4. The van der Waals surface area contributed by atoms with Gasteiger partial charge in [0.25, 0.3) is 0 Å². The summed E-state index contributed by atoms with van der Waals surface area (Å²) in [4.78, 5) is 3.47. The zero-order valence-electron chi connectivity index (χ0n) is 19.0. The average Bonchev–Trinajstić information content (AvgIpc) is 3.43. The fourth-order valence-corrected chi connectivity index (χ4v) is 5.26. The van der Waals surface area contributed by atoms with Crippen molar-refractivity contribution in [3.05, 3.63) is 115 Å². The average molecular weight is 477 g/mol. The van der Waals surface area contributed by atoms with Crippen LogP contribution in [0.3, 0.4) is 0 Å². The third-order valence-electron chi connectivity index (χ3n) is 6.96. The second kappa shape index (κ2) is 7.49. The lowest BCUT2D eigenvalue weighted by atomic mass is 10.0. The van der Waals surface area contributed by atoms with Crippen LogP contribution in [0.5, 0.6) is 0 Å². The smallest absolute Gasteiger partial charge is 0.355 e. The number of para-hydroxylation sites is 2. The highest BCUT2D eigenvalue weighted by molar-refractivity contribution is 6.11. The maximum Gasteiger partial charge on any atom is 0.416 e. The van der Waals surface area contributed by atoms with Crippen molar-refractivity contribution in [3.8, 4) is 16.8 Å². The molecule has 174 valence electrons. The van der Waals surface area contributed by atoms with E-state index in [4.69, 9.17) is 0 Å². The van der Waals surface area contributed by atoms with Crippen molar-refractivity contribution >= 4 is 43.6 Å². The summed E-state index contributed by atoms with van der Waals surface area (Å²) >= 11 is 0. The predicted octanol–water partition coefficient (Wildman–Crippen LogP) is 9.10. The monoisotopic (exact) mass is 476 g/mol. The minimum absolute atomic E-state index is 0.651. The van der Waals surface area contributed by atoms with E-state index < -0.39 is 11.7 Å². The summed E-state index contributed by atoms with van der Waals surface area (Å²) in [6.45, 7) is 0. The Morgan fingerprint density at radius 3 is 1.92 bits per heavy atom. The Kier molecular flexibility index (Phi) is 4.33. The molecule has 0 spiro atoms. The molecule has 0 amide bonds. The summed E-state index contributed by atoms with van der Waals surface area (Å²) < 4.78 is 41.4. The molecule has 0 unspecified atom stereocenters. The number of fused-ring (bicyclic) bond motifs is 6. The van der Waals surface area contributed by atoms with Gasteiger partial charge in [-0.1, -0.05) is 48.5 Å². The van der Waals surface area contributed by atoms with Gasteiger partial charge in [-0.25, -0.2) is 0 Å². The Balaban J connectivity index is 1.42. The standard InChI is InChI=1S/C31H19F3N2/c32-31(33,34)21-11-13-22(14-12-21)36-29-8-4-2-6-24(29)26-18-20(10-16-30(26)36)19-9-15-28-25(17-19)23-5-1-3-7-27(23)35-28/h1-18,35H. The topological polar surface area (TPSA) is 20.7 Å². The molecule has 7 aromatic rings. The van der Waals surface area contributed by atoms with Crippen LogP contribution in [0.25, 0.3) is 60.4 Å². The molecule has 5 heteroatoms. The van der Waals surface area contributed by atoms with E-state index in [1.54, 1.807) is 0 Å². The Morgan fingerprint density at radius 2 is 1.14 bits per heavy atom. The number of aromatic nitrogens is 2. The van der Waals surface area contributed by atoms with Crippen molar-refractivity contribution in [1.82, 2.24) is 9.55 Å². The second-order valence-corrected chi connectivity index (χ2v) is 9.06. The molecular formula is C31H19F3N2. The van der Waals surface area contributed by atoms with E-state index in [-0.39, 0.29) is 0 Å². The summed E-state index contributed by atoms with van der Waals surface area (Å²) in [6, 6.07) is 34.4. The molecule has 0 aliphatic rings. The summed E-state index contributed by atoms with van der Waals surface area (Å²) in [6.07, 6.45) is -4.36. The number of hydrogen-bond donors (Lipinski definition) is 1. The molecule has 2 nitrogen and oxygen atoms in total. The first-order valence-corrected chi connectivity index (χ1v) is 11.7. The third-order valence-corrected chi connectivity index (χ3v) is 6.96. The fourth-order valence-electron chi connectivity index (χ4n) is 5.26. The van der Waals surface area contributed by atoms with Crippen LogP contribution in [0.1, 0.15) is 5.56 Å². The molecule has 0 saturated carbocycles. The normalized spacial score (nSPS) is 12.3. The molecule has 0 saturated heterocycles. The van der Waals surface area contributed by atoms with Crippen LogP contribution in [0.15, 0.2) is 109 Å². The van der Waals surface area contributed by atoms with Gasteiger partial charge in [0.1, 0.15) is 0 Å². The summed E-state index contributed by atoms with van der Waals surface area (Å²) in [5.41, 5.74) is 6.36. The van der Waals surface area contributed by atoms with Gasteiger partial charge in [-0.05, 0) is 71.8 Å². The maximum absolute atomic E-state index is 13.1. The lowest BCUT2D eigenvalue weighted by Crippen LogP contribution is -2.05. The van der Waals surface area contributed by atoms with E-state index in [0.717, 1.165) is 56.1 Å². The minimum atomic E-state index is -4.36. The van der Waals surface area contributed by atoms with Crippen molar-refractivity contribution in [2.24, 2.45) is 0 Å². The molecule has 0 atom stereocenters. The van der Waals surface area contributed by atoms with Gasteiger partial charge in [-0.3, -0.25) is 0 Å². The first-order chi connectivity index (χ1) is 17.5. The number of nitrogens with one attached hydrogen (secondary N) is 1. The Labute approximate surface area is 204 Å². The van der Waals surface area contributed by atoms with E-state index >= 15 is 0 Å². The quantitative estimate of drug-likeness (QED) is 0.257. The molecule has 7 rings (SSSR count). The molecule has 0 radical (unpaired) electrons. The second-order valence-electron chi connectivity index (χ2n) is 9.06. The highest BCUT2D eigenvalue weighted by Crippen LogP contribution is 2.37. The number of rotatable bonds is 2. The highest BCUT2D eigenvalue weighted by Gasteiger charge is 2.30. The van der Waals surface area contributed by atoms with Gasteiger partial charge in [0.2, 0.25) is 0 Å². The van der Waals surface area contributed by atoms with Gasteiger partial charge in [0.15, 0.2) is 0 Å². The SMILES string of the molecule is FC(F)(F)c1ccc(-n2c3ccccc3c3cc(-c4ccc5[nH]c6ccccc6c5c4)ccc32)cc1. The Bertz CT molecular complexity index is 1920. The lowest BCUT2D eigenvalue weighted by molar-refractivity contribution is -0.137. The van der Waals surface area contributed by atoms with E-state index in [1.165, 1.54) is 22.9 Å². The molecule has 0 fully saturated rings. The molecule has 5 aromatic carbocycles. The van der Waals surface area contributed by atoms with Gasteiger partial charge in [-0.15, -0.1) is 0 Å². The van der Waals surface area contributed by atoms with Crippen molar-refractivity contribution in [2.75, 3.05) is 0 Å². The van der Waals surface area contributed by atoms with Gasteiger partial charge in [0, 0.05) is 38.3 Å². The van der Waals surface area contributed by atoms with E-state index in [9.17, 15) is 13.2 Å². The zero-order chi connectivity index (χ0) is 24.4. The van der Waals surface area contributed by atoms with Crippen LogP contribution in [0.2, 0.25) is 0 Å². The molecule has 1 N–H and O–H groups in total. The van der Waals surface area contributed by atoms with Crippen LogP contribution in [-0.2, 0) is 6.18 Å². The molecule has 36 heavy (non-hydrogen) atoms. The van der Waals surface area contributed by atoms with E-state index in [2.05, 4.69) is 59.6 Å².